The number of amides is 1. The summed E-state index contributed by atoms with van der Waals surface area (Å²) in [7, 11) is 0. The van der Waals surface area contributed by atoms with Crippen molar-refractivity contribution in [2.45, 2.75) is 32.7 Å². The van der Waals surface area contributed by atoms with Gasteiger partial charge in [0.05, 0.1) is 17.6 Å². The third-order valence-corrected chi connectivity index (χ3v) is 5.11. The molecule has 1 aromatic carbocycles. The summed E-state index contributed by atoms with van der Waals surface area (Å²) in [6.45, 7) is 6.23. The topological polar surface area (TPSA) is 76.2 Å². The number of benzene rings is 1. The molecule has 1 amide bonds. The van der Waals surface area contributed by atoms with Gasteiger partial charge in [-0.15, -0.1) is 0 Å². The van der Waals surface area contributed by atoms with Gasteiger partial charge in [-0.25, -0.2) is 4.98 Å². The molecule has 142 valence electrons. The third-order valence-electron chi connectivity index (χ3n) is 5.11. The number of piperidine rings is 1. The number of aromatic nitrogens is 3. The standard InChI is InChI=1S/C20H25N5O2/c1-15-22-17-7-3-4-8-19(17)25(15)14-16-13-18(23-27-16)20(26)21-9-12-24-10-5-2-6-11-24/h3-4,7-8,13H,2,5-6,9-12,14H2,1H3,(H,21,26). The number of para-hydroxylation sites is 2. The first kappa shape index (κ1) is 17.7. The van der Waals surface area contributed by atoms with Gasteiger partial charge < -0.3 is 19.3 Å². The smallest absolute Gasteiger partial charge is 0.273 e. The summed E-state index contributed by atoms with van der Waals surface area (Å²) in [6.07, 6.45) is 3.82. The number of aryl methyl sites for hydroxylation is 1. The molecular weight excluding hydrogens is 342 g/mol. The number of rotatable bonds is 6. The van der Waals surface area contributed by atoms with Crippen molar-refractivity contribution in [3.05, 3.63) is 47.6 Å². The van der Waals surface area contributed by atoms with E-state index >= 15 is 0 Å². The van der Waals surface area contributed by atoms with Crippen LogP contribution in [0.3, 0.4) is 0 Å². The number of hydrogen-bond donors (Lipinski definition) is 1. The van der Waals surface area contributed by atoms with Crippen LogP contribution in [-0.2, 0) is 6.54 Å². The number of carbonyl (C=O) groups excluding carboxylic acids is 1. The number of hydrogen-bond acceptors (Lipinski definition) is 5. The average Bonchev–Trinajstić information content (AvgIpc) is 3.28. The summed E-state index contributed by atoms with van der Waals surface area (Å²) in [5.74, 6) is 1.36. The van der Waals surface area contributed by atoms with E-state index in [0.717, 1.165) is 36.5 Å². The molecule has 2 aromatic heterocycles. The van der Waals surface area contributed by atoms with Gasteiger partial charge in [-0.3, -0.25) is 4.79 Å². The predicted molar refractivity (Wildman–Crippen MR) is 103 cm³/mol. The van der Waals surface area contributed by atoms with Gasteiger partial charge >= 0.3 is 0 Å². The van der Waals surface area contributed by atoms with Crippen LogP contribution < -0.4 is 5.32 Å². The summed E-state index contributed by atoms with van der Waals surface area (Å²) in [6, 6.07) is 9.69. The number of imidazole rings is 1. The van der Waals surface area contributed by atoms with Crippen LogP contribution in [0.1, 0.15) is 41.3 Å². The maximum atomic E-state index is 12.3. The predicted octanol–water partition coefficient (Wildman–Crippen LogP) is 2.60. The Kier molecular flexibility index (Phi) is 5.20. The molecule has 0 atom stereocenters. The van der Waals surface area contributed by atoms with Gasteiger partial charge in [0.15, 0.2) is 11.5 Å². The summed E-state index contributed by atoms with van der Waals surface area (Å²) in [5, 5.41) is 6.87. The summed E-state index contributed by atoms with van der Waals surface area (Å²) in [5.41, 5.74) is 2.31. The number of nitrogens with zero attached hydrogens (tertiary/aromatic N) is 4. The van der Waals surface area contributed by atoms with E-state index in [2.05, 4.69) is 24.9 Å². The highest BCUT2D eigenvalue weighted by atomic mass is 16.5. The summed E-state index contributed by atoms with van der Waals surface area (Å²) >= 11 is 0. The molecule has 1 aliphatic heterocycles. The second kappa shape index (κ2) is 7.92. The second-order valence-corrected chi connectivity index (χ2v) is 7.07. The molecule has 0 unspecified atom stereocenters. The summed E-state index contributed by atoms with van der Waals surface area (Å²) < 4.78 is 7.45. The number of nitrogens with one attached hydrogen (secondary N) is 1. The molecular formula is C20H25N5O2. The Balaban J connectivity index is 1.36. The highest BCUT2D eigenvalue weighted by Gasteiger charge is 2.15. The molecule has 0 saturated carbocycles. The lowest BCUT2D eigenvalue weighted by Gasteiger charge is -2.26. The zero-order valence-electron chi connectivity index (χ0n) is 15.6. The Morgan fingerprint density at radius 3 is 2.89 bits per heavy atom. The average molecular weight is 367 g/mol. The van der Waals surface area contributed by atoms with Crippen molar-refractivity contribution >= 4 is 16.9 Å². The second-order valence-electron chi connectivity index (χ2n) is 7.07. The zero-order valence-corrected chi connectivity index (χ0v) is 15.6. The fraction of sp³-hybridized carbons (Fsp3) is 0.450. The van der Waals surface area contributed by atoms with E-state index in [0.29, 0.717) is 24.5 Å². The van der Waals surface area contributed by atoms with Crippen LogP contribution in [0.2, 0.25) is 0 Å². The van der Waals surface area contributed by atoms with Crippen molar-refractivity contribution in [2.24, 2.45) is 0 Å². The minimum Gasteiger partial charge on any atom is -0.359 e. The van der Waals surface area contributed by atoms with Crippen LogP contribution >= 0.6 is 0 Å². The first-order valence-corrected chi connectivity index (χ1v) is 9.59. The highest BCUT2D eigenvalue weighted by Crippen LogP contribution is 2.17. The summed E-state index contributed by atoms with van der Waals surface area (Å²) in [4.78, 5) is 19.3. The zero-order chi connectivity index (χ0) is 18.6. The van der Waals surface area contributed by atoms with Gasteiger partial charge in [-0.1, -0.05) is 23.7 Å². The van der Waals surface area contributed by atoms with Gasteiger partial charge in [0.1, 0.15) is 5.82 Å². The van der Waals surface area contributed by atoms with Crippen LogP contribution in [0.25, 0.3) is 11.0 Å². The van der Waals surface area contributed by atoms with Gasteiger partial charge in [0, 0.05) is 19.2 Å². The Morgan fingerprint density at radius 2 is 2.04 bits per heavy atom. The molecule has 0 bridgehead atoms. The molecule has 0 spiro atoms. The minimum atomic E-state index is -0.186. The number of carbonyl (C=O) groups is 1. The molecule has 1 saturated heterocycles. The van der Waals surface area contributed by atoms with Crippen LogP contribution in [0.5, 0.6) is 0 Å². The van der Waals surface area contributed by atoms with Crippen molar-refractivity contribution in [2.75, 3.05) is 26.2 Å². The molecule has 1 aliphatic rings. The van der Waals surface area contributed by atoms with E-state index in [9.17, 15) is 4.79 Å². The van der Waals surface area contributed by atoms with Crippen LogP contribution in [-0.4, -0.2) is 51.7 Å². The monoisotopic (exact) mass is 367 g/mol. The maximum Gasteiger partial charge on any atom is 0.273 e. The molecule has 7 heteroatoms. The molecule has 3 aromatic rings. The molecule has 7 nitrogen and oxygen atoms in total. The first-order chi connectivity index (χ1) is 13.2. The molecule has 1 N–H and O–H groups in total. The lowest BCUT2D eigenvalue weighted by atomic mass is 10.1. The van der Waals surface area contributed by atoms with Crippen LogP contribution in [0.15, 0.2) is 34.9 Å². The Labute approximate surface area is 158 Å². The van der Waals surface area contributed by atoms with Gasteiger partial charge in [0.2, 0.25) is 0 Å². The van der Waals surface area contributed by atoms with Gasteiger partial charge in [-0.05, 0) is 45.0 Å². The van der Waals surface area contributed by atoms with Crippen molar-refractivity contribution in [1.82, 2.24) is 24.9 Å². The van der Waals surface area contributed by atoms with E-state index in [1.165, 1.54) is 19.3 Å². The highest BCUT2D eigenvalue weighted by molar-refractivity contribution is 5.92. The van der Waals surface area contributed by atoms with Gasteiger partial charge in [0.25, 0.3) is 5.91 Å². The van der Waals surface area contributed by atoms with Crippen molar-refractivity contribution < 1.29 is 9.32 Å². The van der Waals surface area contributed by atoms with Crippen molar-refractivity contribution in [3.63, 3.8) is 0 Å². The van der Waals surface area contributed by atoms with E-state index in [1.807, 2.05) is 31.2 Å². The number of likely N-dealkylation sites (tertiary alicyclic amines) is 1. The minimum absolute atomic E-state index is 0.186. The van der Waals surface area contributed by atoms with E-state index in [-0.39, 0.29) is 5.91 Å². The Morgan fingerprint density at radius 1 is 1.22 bits per heavy atom. The lowest BCUT2D eigenvalue weighted by molar-refractivity contribution is 0.0937. The first-order valence-electron chi connectivity index (χ1n) is 9.59. The van der Waals surface area contributed by atoms with Gasteiger partial charge in [-0.2, -0.15) is 0 Å². The number of fused-ring (bicyclic) bond motifs is 1. The van der Waals surface area contributed by atoms with Crippen molar-refractivity contribution in [1.29, 1.82) is 0 Å². The molecule has 0 radical (unpaired) electrons. The van der Waals surface area contributed by atoms with E-state index in [1.54, 1.807) is 6.07 Å². The van der Waals surface area contributed by atoms with E-state index in [4.69, 9.17) is 4.52 Å². The third kappa shape index (κ3) is 4.03. The molecule has 0 aliphatic carbocycles. The Hall–Kier alpha value is -2.67. The van der Waals surface area contributed by atoms with Crippen LogP contribution in [0, 0.1) is 6.92 Å². The lowest BCUT2D eigenvalue weighted by Crippen LogP contribution is -2.37. The maximum absolute atomic E-state index is 12.3. The fourth-order valence-electron chi connectivity index (χ4n) is 3.65. The normalized spacial score (nSPS) is 15.3. The van der Waals surface area contributed by atoms with E-state index < -0.39 is 0 Å². The molecule has 4 rings (SSSR count). The quantitative estimate of drug-likeness (QED) is 0.725. The van der Waals surface area contributed by atoms with Crippen molar-refractivity contribution in [3.8, 4) is 0 Å². The molecule has 1 fully saturated rings. The Bertz CT molecular complexity index is 923. The molecule has 3 heterocycles. The largest absolute Gasteiger partial charge is 0.359 e. The van der Waals surface area contributed by atoms with Crippen LogP contribution in [0.4, 0.5) is 0 Å². The SMILES string of the molecule is Cc1nc2ccccc2n1Cc1cc(C(=O)NCCN2CCCCC2)no1. The molecule has 27 heavy (non-hydrogen) atoms. The fourth-order valence-corrected chi connectivity index (χ4v) is 3.65.